The second-order valence-electron chi connectivity index (χ2n) is 5.95. The minimum atomic E-state index is -0.322. The lowest BCUT2D eigenvalue weighted by atomic mass is 10.1. The molecule has 0 radical (unpaired) electrons. The van der Waals surface area contributed by atoms with Gasteiger partial charge in [0.15, 0.2) is 0 Å². The SMILES string of the molecule is O=C(Nc1cc2cc[nH]c(=O)c2cc1Cl)c1cccnc1Sc1ccccc1. The molecule has 0 bridgehead atoms. The number of halogens is 1. The molecule has 0 saturated heterocycles. The van der Waals surface area contributed by atoms with Crippen LogP contribution in [-0.2, 0) is 0 Å². The van der Waals surface area contributed by atoms with E-state index < -0.39 is 0 Å². The smallest absolute Gasteiger partial charge is 0.258 e. The predicted molar refractivity (Wildman–Crippen MR) is 112 cm³/mol. The molecule has 0 atom stereocenters. The molecule has 138 valence electrons. The molecule has 2 aromatic heterocycles. The van der Waals surface area contributed by atoms with E-state index in [-0.39, 0.29) is 11.5 Å². The summed E-state index contributed by atoms with van der Waals surface area (Å²) >= 11 is 7.70. The fourth-order valence-electron chi connectivity index (χ4n) is 2.74. The Hall–Kier alpha value is -3.09. The molecule has 2 heterocycles. The summed E-state index contributed by atoms with van der Waals surface area (Å²) in [6.07, 6.45) is 3.21. The number of carbonyl (C=O) groups excluding carboxylic acids is 1. The summed E-state index contributed by atoms with van der Waals surface area (Å²) in [5.74, 6) is -0.322. The van der Waals surface area contributed by atoms with Gasteiger partial charge in [-0.1, -0.05) is 41.6 Å². The number of H-pyrrole nitrogens is 1. The molecule has 2 aromatic carbocycles. The zero-order chi connectivity index (χ0) is 19.5. The van der Waals surface area contributed by atoms with E-state index >= 15 is 0 Å². The summed E-state index contributed by atoms with van der Waals surface area (Å²) in [6.45, 7) is 0. The Bertz CT molecular complexity index is 1230. The maximum absolute atomic E-state index is 12.9. The molecule has 0 saturated carbocycles. The number of rotatable bonds is 4. The van der Waals surface area contributed by atoms with Crippen molar-refractivity contribution in [3.63, 3.8) is 0 Å². The molecule has 1 amide bonds. The molecule has 0 fully saturated rings. The molecule has 28 heavy (non-hydrogen) atoms. The van der Waals surface area contributed by atoms with Crippen LogP contribution < -0.4 is 10.9 Å². The summed E-state index contributed by atoms with van der Waals surface area (Å²) in [7, 11) is 0. The first-order valence-corrected chi connectivity index (χ1v) is 9.61. The van der Waals surface area contributed by atoms with Crippen LogP contribution in [0.15, 0.2) is 87.8 Å². The zero-order valence-corrected chi connectivity index (χ0v) is 16.1. The van der Waals surface area contributed by atoms with Crippen LogP contribution in [0, 0.1) is 0 Å². The number of aromatic amines is 1. The second kappa shape index (κ2) is 7.88. The van der Waals surface area contributed by atoms with E-state index in [1.54, 1.807) is 42.7 Å². The standard InChI is InChI=1S/C21H14ClN3O2S/c22-17-12-16-13(8-10-23-19(16)26)11-18(17)25-20(27)15-7-4-9-24-21(15)28-14-5-2-1-3-6-14/h1-12H,(H,23,26)(H,25,27). The number of nitrogens with one attached hydrogen (secondary N) is 2. The third kappa shape index (κ3) is 3.78. The fourth-order valence-corrected chi connectivity index (χ4v) is 3.85. The highest BCUT2D eigenvalue weighted by Gasteiger charge is 2.15. The van der Waals surface area contributed by atoms with Crippen molar-refractivity contribution in [2.24, 2.45) is 0 Å². The van der Waals surface area contributed by atoms with Crippen LogP contribution in [0.1, 0.15) is 10.4 Å². The number of hydrogen-bond donors (Lipinski definition) is 2. The van der Waals surface area contributed by atoms with Gasteiger partial charge in [0.2, 0.25) is 0 Å². The number of nitrogens with zero attached hydrogens (tertiary/aromatic N) is 1. The molecule has 7 heteroatoms. The minimum absolute atomic E-state index is 0.230. The van der Waals surface area contributed by atoms with Crippen molar-refractivity contribution in [2.45, 2.75) is 9.92 Å². The Morgan fingerprint density at radius 1 is 1.07 bits per heavy atom. The molecule has 4 aromatic rings. The number of amides is 1. The molecular formula is C21H14ClN3O2S. The Morgan fingerprint density at radius 3 is 2.71 bits per heavy atom. The van der Waals surface area contributed by atoms with E-state index in [9.17, 15) is 9.59 Å². The Kier molecular flexibility index (Phi) is 5.14. The van der Waals surface area contributed by atoms with Crippen molar-refractivity contribution >= 4 is 45.7 Å². The summed E-state index contributed by atoms with van der Waals surface area (Å²) in [4.78, 5) is 32.7. The Morgan fingerprint density at radius 2 is 1.89 bits per heavy atom. The highest BCUT2D eigenvalue weighted by Crippen LogP contribution is 2.30. The summed E-state index contributed by atoms with van der Waals surface area (Å²) in [5.41, 5.74) is 0.647. The number of hydrogen-bond acceptors (Lipinski definition) is 4. The van der Waals surface area contributed by atoms with Crippen LogP contribution in [0.4, 0.5) is 5.69 Å². The number of carbonyl (C=O) groups is 1. The average Bonchev–Trinajstić information content (AvgIpc) is 2.70. The van der Waals surface area contributed by atoms with Crippen molar-refractivity contribution in [1.29, 1.82) is 0 Å². The monoisotopic (exact) mass is 407 g/mol. The third-order valence-electron chi connectivity index (χ3n) is 4.08. The maximum atomic E-state index is 12.9. The van der Waals surface area contributed by atoms with Gasteiger partial charge in [-0.2, -0.15) is 0 Å². The van der Waals surface area contributed by atoms with Crippen LogP contribution in [0.3, 0.4) is 0 Å². The quantitative estimate of drug-likeness (QED) is 0.500. The third-order valence-corrected chi connectivity index (χ3v) is 5.42. The first-order valence-electron chi connectivity index (χ1n) is 8.42. The predicted octanol–water partition coefficient (Wildman–Crippen LogP) is 4.98. The first-order chi connectivity index (χ1) is 13.6. The topological polar surface area (TPSA) is 74.8 Å². The van der Waals surface area contributed by atoms with E-state index in [2.05, 4.69) is 15.3 Å². The lowest BCUT2D eigenvalue weighted by Crippen LogP contribution is -2.14. The van der Waals surface area contributed by atoms with Crippen LogP contribution in [-0.4, -0.2) is 15.9 Å². The summed E-state index contributed by atoms with van der Waals surface area (Å²) < 4.78 is 0. The first kappa shape index (κ1) is 18.3. The molecule has 5 nitrogen and oxygen atoms in total. The van der Waals surface area contributed by atoms with Crippen LogP contribution in [0.5, 0.6) is 0 Å². The van der Waals surface area contributed by atoms with E-state index in [1.165, 1.54) is 11.8 Å². The summed E-state index contributed by atoms with van der Waals surface area (Å²) in [6, 6.07) is 18.1. The number of aromatic nitrogens is 2. The van der Waals surface area contributed by atoms with E-state index in [0.29, 0.717) is 32.1 Å². The highest BCUT2D eigenvalue weighted by molar-refractivity contribution is 7.99. The van der Waals surface area contributed by atoms with Crippen molar-refractivity contribution in [2.75, 3.05) is 5.32 Å². The number of fused-ring (bicyclic) bond motifs is 1. The molecule has 0 unspecified atom stereocenters. The van der Waals surface area contributed by atoms with E-state index in [4.69, 9.17) is 11.6 Å². The Labute approximate surface area is 169 Å². The van der Waals surface area contributed by atoms with Gasteiger partial charge in [0.05, 0.1) is 16.3 Å². The van der Waals surface area contributed by atoms with E-state index in [0.717, 1.165) is 4.90 Å². The van der Waals surface area contributed by atoms with Crippen molar-refractivity contribution < 1.29 is 4.79 Å². The lowest BCUT2D eigenvalue weighted by molar-refractivity contribution is 0.102. The fraction of sp³-hybridized carbons (Fsp3) is 0. The van der Waals surface area contributed by atoms with E-state index in [1.807, 2.05) is 30.3 Å². The zero-order valence-electron chi connectivity index (χ0n) is 14.5. The van der Waals surface area contributed by atoms with Gasteiger partial charge >= 0.3 is 0 Å². The van der Waals surface area contributed by atoms with Crippen LogP contribution in [0.25, 0.3) is 10.8 Å². The normalized spacial score (nSPS) is 10.8. The van der Waals surface area contributed by atoms with Gasteiger partial charge in [0, 0.05) is 22.7 Å². The second-order valence-corrected chi connectivity index (χ2v) is 7.42. The molecule has 2 N–H and O–H groups in total. The minimum Gasteiger partial charge on any atom is -0.329 e. The number of anilines is 1. The van der Waals surface area contributed by atoms with Crippen LogP contribution >= 0.6 is 23.4 Å². The maximum Gasteiger partial charge on any atom is 0.258 e. The largest absolute Gasteiger partial charge is 0.329 e. The molecule has 0 aliphatic rings. The number of benzene rings is 2. The molecule has 0 aliphatic carbocycles. The Balaban J connectivity index is 1.65. The van der Waals surface area contributed by atoms with Gasteiger partial charge in [-0.25, -0.2) is 4.98 Å². The van der Waals surface area contributed by atoms with Crippen LogP contribution in [0.2, 0.25) is 5.02 Å². The van der Waals surface area contributed by atoms with Crippen molar-refractivity contribution in [3.8, 4) is 0 Å². The average molecular weight is 408 g/mol. The van der Waals surface area contributed by atoms with Crippen molar-refractivity contribution in [1.82, 2.24) is 9.97 Å². The molecule has 0 spiro atoms. The highest BCUT2D eigenvalue weighted by atomic mass is 35.5. The molecule has 4 rings (SSSR count). The number of pyridine rings is 2. The van der Waals surface area contributed by atoms with Gasteiger partial charge in [0.1, 0.15) is 5.03 Å². The molecular weight excluding hydrogens is 394 g/mol. The van der Waals surface area contributed by atoms with Gasteiger partial charge in [0.25, 0.3) is 11.5 Å². The molecule has 0 aliphatic heterocycles. The van der Waals surface area contributed by atoms with Crippen molar-refractivity contribution in [3.05, 3.63) is 94.0 Å². The lowest BCUT2D eigenvalue weighted by Gasteiger charge is -2.11. The van der Waals surface area contributed by atoms with Gasteiger partial charge < -0.3 is 10.3 Å². The van der Waals surface area contributed by atoms with Gasteiger partial charge in [-0.05, 0) is 47.9 Å². The summed E-state index contributed by atoms with van der Waals surface area (Å²) in [5, 5.41) is 4.87. The van der Waals surface area contributed by atoms with Gasteiger partial charge in [-0.3, -0.25) is 9.59 Å². The van der Waals surface area contributed by atoms with Gasteiger partial charge in [-0.15, -0.1) is 0 Å².